The van der Waals surface area contributed by atoms with E-state index in [2.05, 4.69) is 17.0 Å². The van der Waals surface area contributed by atoms with Crippen LogP contribution >= 0.6 is 0 Å². The average Bonchev–Trinajstić information content (AvgIpc) is 2.66. The Balaban J connectivity index is 1.96. The Labute approximate surface area is 166 Å². The van der Waals surface area contributed by atoms with Crippen LogP contribution in [0.3, 0.4) is 0 Å². The van der Waals surface area contributed by atoms with Crippen LogP contribution in [0, 0.1) is 0 Å². The Bertz CT molecular complexity index is 882. The van der Waals surface area contributed by atoms with E-state index in [4.69, 9.17) is 9.47 Å². The highest BCUT2D eigenvalue weighted by Gasteiger charge is 2.15. The van der Waals surface area contributed by atoms with E-state index in [1.165, 1.54) is 31.4 Å². The van der Waals surface area contributed by atoms with Gasteiger partial charge in [0.2, 0.25) is 0 Å². The zero-order valence-corrected chi connectivity index (χ0v) is 17.1. The van der Waals surface area contributed by atoms with Gasteiger partial charge >= 0.3 is 0 Å². The van der Waals surface area contributed by atoms with Crippen molar-refractivity contribution in [3.63, 3.8) is 0 Å². The Morgan fingerprint density at radius 2 is 1.82 bits per heavy atom. The molecule has 0 aromatic heterocycles. The number of anilines is 1. The summed E-state index contributed by atoms with van der Waals surface area (Å²) in [5.41, 5.74) is 0.401. The van der Waals surface area contributed by atoms with Gasteiger partial charge in [0.1, 0.15) is 11.5 Å². The number of ether oxygens (including phenoxy) is 2. The molecule has 8 heteroatoms. The molecule has 0 saturated heterocycles. The van der Waals surface area contributed by atoms with Crippen LogP contribution in [-0.4, -0.2) is 34.1 Å². The molecule has 152 valence electrons. The topological polar surface area (TPSA) is 93.7 Å². The molecule has 7 nitrogen and oxygen atoms in total. The third-order valence-electron chi connectivity index (χ3n) is 3.95. The van der Waals surface area contributed by atoms with Crippen LogP contribution in [0.2, 0.25) is 0 Å². The highest BCUT2D eigenvalue weighted by Crippen LogP contribution is 2.22. The summed E-state index contributed by atoms with van der Waals surface area (Å²) in [5.74, 6) is 0.756. The summed E-state index contributed by atoms with van der Waals surface area (Å²) in [4.78, 5) is 11.9. The number of nitrogens with one attached hydrogen (secondary N) is 2. The van der Waals surface area contributed by atoms with Crippen molar-refractivity contribution in [1.29, 1.82) is 0 Å². The second kappa shape index (κ2) is 9.98. The first-order valence-corrected chi connectivity index (χ1v) is 10.5. The summed E-state index contributed by atoms with van der Waals surface area (Å²) in [6, 6.07) is 12.6. The fourth-order valence-electron chi connectivity index (χ4n) is 2.59. The van der Waals surface area contributed by atoms with E-state index in [9.17, 15) is 13.2 Å². The highest BCUT2D eigenvalue weighted by molar-refractivity contribution is 7.92. The Hall–Kier alpha value is -2.74. The number of benzene rings is 2. The second-order valence-corrected chi connectivity index (χ2v) is 8.04. The van der Waals surface area contributed by atoms with Crippen LogP contribution in [0.4, 0.5) is 5.69 Å². The monoisotopic (exact) mass is 406 g/mol. The van der Waals surface area contributed by atoms with E-state index in [-0.39, 0.29) is 23.5 Å². The minimum atomic E-state index is -3.75. The minimum Gasteiger partial charge on any atom is -0.497 e. The van der Waals surface area contributed by atoms with E-state index < -0.39 is 10.0 Å². The maximum absolute atomic E-state index is 12.5. The molecule has 2 aromatic carbocycles. The molecule has 0 spiro atoms. The van der Waals surface area contributed by atoms with Crippen molar-refractivity contribution in [3.8, 4) is 11.5 Å². The van der Waals surface area contributed by atoms with Gasteiger partial charge in [-0.25, -0.2) is 8.42 Å². The van der Waals surface area contributed by atoms with Gasteiger partial charge in [0.05, 0.1) is 17.7 Å². The number of hydrogen-bond acceptors (Lipinski definition) is 5. The molecule has 0 unspecified atom stereocenters. The van der Waals surface area contributed by atoms with Crippen LogP contribution < -0.4 is 19.5 Å². The quantitative estimate of drug-likeness (QED) is 0.632. The minimum absolute atomic E-state index is 0.0867. The SMILES string of the molecule is CCC[C@H](C)NC(=O)COc1ccc(S(=O)(=O)Nc2cccc(OC)c2)cc1. The number of sulfonamides is 1. The lowest BCUT2D eigenvalue weighted by Gasteiger charge is -2.13. The van der Waals surface area contributed by atoms with E-state index in [0.717, 1.165) is 12.8 Å². The van der Waals surface area contributed by atoms with Crippen LogP contribution in [0.5, 0.6) is 11.5 Å². The largest absolute Gasteiger partial charge is 0.497 e. The summed E-state index contributed by atoms with van der Waals surface area (Å²) in [5, 5.41) is 2.84. The maximum Gasteiger partial charge on any atom is 0.261 e. The van der Waals surface area contributed by atoms with Crippen LogP contribution in [0.1, 0.15) is 26.7 Å². The van der Waals surface area contributed by atoms with Gasteiger partial charge in [-0.2, -0.15) is 0 Å². The van der Waals surface area contributed by atoms with Crippen molar-refractivity contribution in [2.75, 3.05) is 18.4 Å². The smallest absolute Gasteiger partial charge is 0.261 e. The van der Waals surface area contributed by atoms with Gasteiger partial charge in [0, 0.05) is 12.1 Å². The average molecular weight is 407 g/mol. The lowest BCUT2D eigenvalue weighted by molar-refractivity contribution is -0.123. The summed E-state index contributed by atoms with van der Waals surface area (Å²) >= 11 is 0. The number of carbonyl (C=O) groups excluding carboxylic acids is 1. The first-order chi connectivity index (χ1) is 13.3. The van der Waals surface area contributed by atoms with E-state index in [0.29, 0.717) is 17.2 Å². The van der Waals surface area contributed by atoms with Crippen molar-refractivity contribution < 1.29 is 22.7 Å². The molecule has 0 aliphatic carbocycles. The third kappa shape index (κ3) is 6.45. The first kappa shape index (κ1) is 21.6. The zero-order chi connectivity index (χ0) is 20.6. The normalized spacial score (nSPS) is 12.1. The van der Waals surface area contributed by atoms with Gasteiger partial charge in [-0.3, -0.25) is 9.52 Å². The molecule has 28 heavy (non-hydrogen) atoms. The molecule has 0 radical (unpaired) electrons. The van der Waals surface area contributed by atoms with Gasteiger partial charge in [0.25, 0.3) is 15.9 Å². The lowest BCUT2D eigenvalue weighted by atomic mass is 10.2. The summed E-state index contributed by atoms with van der Waals surface area (Å²) in [6.45, 7) is 3.87. The molecular formula is C20H26N2O5S. The Morgan fingerprint density at radius 1 is 1.11 bits per heavy atom. The van der Waals surface area contributed by atoms with E-state index >= 15 is 0 Å². The summed E-state index contributed by atoms with van der Waals surface area (Å²) < 4.78 is 38.0. The Morgan fingerprint density at radius 3 is 2.46 bits per heavy atom. The van der Waals surface area contributed by atoms with Crippen molar-refractivity contribution in [1.82, 2.24) is 5.32 Å². The lowest BCUT2D eigenvalue weighted by Crippen LogP contribution is -2.35. The zero-order valence-electron chi connectivity index (χ0n) is 16.3. The molecule has 0 fully saturated rings. The molecular weight excluding hydrogens is 380 g/mol. The molecule has 1 atom stereocenters. The van der Waals surface area contributed by atoms with Gasteiger partial charge in [-0.1, -0.05) is 19.4 Å². The van der Waals surface area contributed by atoms with Gasteiger partial charge in [-0.15, -0.1) is 0 Å². The van der Waals surface area contributed by atoms with Gasteiger partial charge < -0.3 is 14.8 Å². The third-order valence-corrected chi connectivity index (χ3v) is 5.35. The van der Waals surface area contributed by atoms with Gasteiger partial charge in [-0.05, 0) is 49.7 Å². The van der Waals surface area contributed by atoms with Crippen molar-refractivity contribution in [2.24, 2.45) is 0 Å². The van der Waals surface area contributed by atoms with E-state index in [1.54, 1.807) is 24.3 Å². The molecule has 0 bridgehead atoms. The molecule has 1 amide bonds. The number of amides is 1. The van der Waals surface area contributed by atoms with Crippen molar-refractivity contribution in [3.05, 3.63) is 48.5 Å². The molecule has 0 heterocycles. The fourth-order valence-corrected chi connectivity index (χ4v) is 3.64. The summed E-state index contributed by atoms with van der Waals surface area (Å²) in [7, 11) is -2.24. The second-order valence-electron chi connectivity index (χ2n) is 6.35. The predicted octanol–water partition coefficient (Wildman–Crippen LogP) is 3.18. The van der Waals surface area contributed by atoms with Gasteiger partial charge in [0.15, 0.2) is 6.61 Å². The number of rotatable bonds is 10. The van der Waals surface area contributed by atoms with Crippen molar-refractivity contribution >= 4 is 21.6 Å². The maximum atomic E-state index is 12.5. The van der Waals surface area contributed by atoms with Crippen LogP contribution in [0.15, 0.2) is 53.4 Å². The molecule has 2 N–H and O–H groups in total. The Kier molecular flexibility index (Phi) is 7.69. The standard InChI is InChI=1S/C20H26N2O5S/c1-4-6-15(2)21-20(23)14-27-17-9-11-19(12-10-17)28(24,25)22-16-7-5-8-18(13-16)26-3/h5,7-13,15,22H,4,6,14H2,1-3H3,(H,21,23)/t15-/m0/s1. The summed E-state index contributed by atoms with van der Waals surface area (Å²) in [6.07, 6.45) is 1.89. The molecule has 2 rings (SSSR count). The first-order valence-electron chi connectivity index (χ1n) is 9.03. The van der Waals surface area contributed by atoms with Crippen molar-refractivity contribution in [2.45, 2.75) is 37.6 Å². The van der Waals surface area contributed by atoms with Crippen LogP contribution in [0.25, 0.3) is 0 Å². The number of carbonyl (C=O) groups is 1. The fraction of sp³-hybridized carbons (Fsp3) is 0.350. The predicted molar refractivity (Wildman–Crippen MR) is 108 cm³/mol. The number of methoxy groups -OCH3 is 1. The molecule has 2 aromatic rings. The molecule has 0 aliphatic rings. The number of hydrogen-bond donors (Lipinski definition) is 2. The highest BCUT2D eigenvalue weighted by atomic mass is 32.2. The molecule has 0 saturated carbocycles. The van der Waals surface area contributed by atoms with Crippen LogP contribution in [-0.2, 0) is 14.8 Å². The van der Waals surface area contributed by atoms with E-state index in [1.807, 2.05) is 6.92 Å². The molecule has 0 aliphatic heterocycles.